The van der Waals surface area contributed by atoms with E-state index in [9.17, 15) is 19.5 Å². The summed E-state index contributed by atoms with van der Waals surface area (Å²) in [5, 5.41) is 12.3. The first-order chi connectivity index (χ1) is 19.7. The van der Waals surface area contributed by atoms with Crippen molar-refractivity contribution in [1.29, 1.82) is 0 Å². The van der Waals surface area contributed by atoms with E-state index in [1.807, 2.05) is 49.5 Å². The molecule has 0 bridgehead atoms. The van der Waals surface area contributed by atoms with E-state index in [2.05, 4.69) is 34.2 Å². The lowest BCUT2D eigenvalue weighted by Gasteiger charge is -2.24. The Balaban J connectivity index is 1.59. The van der Waals surface area contributed by atoms with E-state index < -0.39 is 5.97 Å². The number of carbonyl (C=O) groups excluding carboxylic acids is 2. The molecule has 41 heavy (non-hydrogen) atoms. The average molecular weight is 558 g/mol. The zero-order chi connectivity index (χ0) is 29.4. The largest absolute Gasteiger partial charge is 0.481 e. The topological polar surface area (TPSA) is 106 Å². The zero-order valence-electron chi connectivity index (χ0n) is 24.0. The van der Waals surface area contributed by atoms with Gasteiger partial charge in [0.2, 0.25) is 5.91 Å². The number of carboxylic acids is 1. The highest BCUT2D eigenvalue weighted by Gasteiger charge is 2.33. The van der Waals surface area contributed by atoms with Crippen molar-refractivity contribution in [3.8, 4) is 11.1 Å². The third-order valence-electron chi connectivity index (χ3n) is 7.16. The van der Waals surface area contributed by atoms with Crippen molar-refractivity contribution in [2.75, 3.05) is 51.0 Å². The zero-order valence-corrected chi connectivity index (χ0v) is 24.0. The summed E-state index contributed by atoms with van der Waals surface area (Å²) in [6.07, 6.45) is 5.82. The number of aliphatic carboxylic acids is 1. The van der Waals surface area contributed by atoms with Crippen molar-refractivity contribution in [2.24, 2.45) is 5.92 Å². The van der Waals surface area contributed by atoms with Crippen LogP contribution in [-0.4, -0.2) is 78.5 Å². The van der Waals surface area contributed by atoms with Gasteiger partial charge in [0.1, 0.15) is 0 Å². The Morgan fingerprint density at radius 3 is 2.34 bits per heavy atom. The summed E-state index contributed by atoms with van der Waals surface area (Å²) >= 11 is 0. The van der Waals surface area contributed by atoms with E-state index in [1.54, 1.807) is 29.4 Å². The number of carbonyl (C=O) groups is 3. The van der Waals surface area contributed by atoms with E-state index in [0.717, 1.165) is 54.7 Å². The molecule has 4 rings (SSSR count). The van der Waals surface area contributed by atoms with Gasteiger partial charge in [-0.2, -0.15) is 0 Å². The monoisotopic (exact) mass is 557 g/mol. The highest BCUT2D eigenvalue weighted by Crippen LogP contribution is 2.34. The van der Waals surface area contributed by atoms with Crippen LogP contribution in [0.5, 0.6) is 0 Å². The van der Waals surface area contributed by atoms with Gasteiger partial charge in [-0.15, -0.1) is 0 Å². The van der Waals surface area contributed by atoms with Crippen LogP contribution in [-0.2, 0) is 16.1 Å². The number of anilines is 2. The second kappa shape index (κ2) is 13.9. The minimum atomic E-state index is -0.916. The number of hydrogen-bond donors (Lipinski definition) is 2. The molecule has 1 aliphatic rings. The van der Waals surface area contributed by atoms with Gasteiger partial charge >= 0.3 is 5.97 Å². The number of nitrogens with zero attached hydrogens (tertiary/aromatic N) is 4. The molecule has 0 spiro atoms. The summed E-state index contributed by atoms with van der Waals surface area (Å²) in [4.78, 5) is 47.1. The number of pyridine rings is 1. The maximum Gasteiger partial charge on any atom is 0.305 e. The number of rotatable bonds is 14. The van der Waals surface area contributed by atoms with E-state index in [4.69, 9.17) is 0 Å². The first kappa shape index (κ1) is 29.7. The van der Waals surface area contributed by atoms with Crippen LogP contribution in [0.4, 0.5) is 11.4 Å². The van der Waals surface area contributed by atoms with Crippen molar-refractivity contribution in [1.82, 2.24) is 14.8 Å². The normalized spacial score (nSPS) is 12.7. The molecule has 1 aromatic heterocycles. The summed E-state index contributed by atoms with van der Waals surface area (Å²) in [7, 11) is 6.13. The lowest BCUT2D eigenvalue weighted by atomic mass is 10.0. The second-order valence-corrected chi connectivity index (χ2v) is 10.9. The summed E-state index contributed by atoms with van der Waals surface area (Å²) in [6.45, 7) is 2.33. The van der Waals surface area contributed by atoms with Gasteiger partial charge in [0.05, 0.1) is 17.8 Å². The second-order valence-electron chi connectivity index (χ2n) is 10.9. The molecule has 1 aliphatic carbocycles. The van der Waals surface area contributed by atoms with Gasteiger partial charge in [0, 0.05) is 50.6 Å². The molecule has 3 aromatic rings. The molecule has 0 saturated heterocycles. The van der Waals surface area contributed by atoms with Gasteiger partial charge in [-0.3, -0.25) is 19.4 Å². The van der Waals surface area contributed by atoms with Crippen LogP contribution in [0.1, 0.15) is 41.6 Å². The molecule has 0 aliphatic heterocycles. The van der Waals surface area contributed by atoms with Crippen molar-refractivity contribution >= 4 is 29.2 Å². The standard InChI is InChI=1S/C32H39N5O4/c1-35(2)17-5-18-36(3)29-11-10-27(21-28(29)34-31(40)24-12-15-33-16-13-24)26-7-4-6-23(20-26)22-37(19-14-30(38)39)32(41)25-8-9-25/h4,6-7,10-13,15-16,20-21,25H,5,8-9,14,17-19,22H2,1-3H3,(H,34,40)(H,38,39). The lowest BCUT2D eigenvalue weighted by molar-refractivity contribution is -0.139. The number of carboxylic acid groups (broad SMARTS) is 1. The molecular formula is C32H39N5O4. The summed E-state index contributed by atoms with van der Waals surface area (Å²) in [5.74, 6) is -1.09. The molecule has 0 radical (unpaired) electrons. The fraction of sp³-hybridized carbons (Fsp3) is 0.375. The van der Waals surface area contributed by atoms with Crippen LogP contribution in [0.15, 0.2) is 67.0 Å². The first-order valence-electron chi connectivity index (χ1n) is 14.0. The minimum Gasteiger partial charge on any atom is -0.481 e. The van der Waals surface area contributed by atoms with Crippen molar-refractivity contribution in [3.05, 3.63) is 78.1 Å². The van der Waals surface area contributed by atoms with Gasteiger partial charge in [0.15, 0.2) is 0 Å². The molecule has 2 amide bonds. The van der Waals surface area contributed by atoms with Gasteiger partial charge in [0.25, 0.3) is 5.91 Å². The van der Waals surface area contributed by atoms with Crippen molar-refractivity contribution in [3.63, 3.8) is 0 Å². The predicted octanol–water partition coefficient (Wildman–Crippen LogP) is 4.60. The summed E-state index contributed by atoms with van der Waals surface area (Å²) < 4.78 is 0. The Labute approximate surface area is 241 Å². The number of benzene rings is 2. The Hall–Kier alpha value is -4.24. The predicted molar refractivity (Wildman–Crippen MR) is 161 cm³/mol. The minimum absolute atomic E-state index is 0.0146. The van der Waals surface area contributed by atoms with Crippen LogP contribution >= 0.6 is 0 Å². The summed E-state index contributed by atoms with van der Waals surface area (Å²) in [5.41, 5.74) is 4.94. The molecule has 0 unspecified atom stereocenters. The van der Waals surface area contributed by atoms with Gasteiger partial charge in [-0.25, -0.2) is 0 Å². The molecule has 2 aromatic carbocycles. The molecule has 216 valence electrons. The van der Waals surface area contributed by atoms with Crippen LogP contribution < -0.4 is 10.2 Å². The highest BCUT2D eigenvalue weighted by molar-refractivity contribution is 6.06. The van der Waals surface area contributed by atoms with Gasteiger partial charge in [-0.05, 0) is 86.9 Å². The summed E-state index contributed by atoms with van der Waals surface area (Å²) in [6, 6.07) is 17.3. The Bertz CT molecular complexity index is 1360. The molecule has 1 fully saturated rings. The Morgan fingerprint density at radius 2 is 1.66 bits per heavy atom. The fourth-order valence-electron chi connectivity index (χ4n) is 4.75. The number of nitrogens with one attached hydrogen (secondary N) is 1. The van der Waals surface area contributed by atoms with Gasteiger partial charge < -0.3 is 25.1 Å². The van der Waals surface area contributed by atoms with Crippen molar-refractivity contribution < 1.29 is 19.5 Å². The lowest BCUT2D eigenvalue weighted by Crippen LogP contribution is -2.33. The van der Waals surface area contributed by atoms with E-state index in [-0.39, 0.29) is 30.7 Å². The Morgan fingerprint density at radius 1 is 0.927 bits per heavy atom. The van der Waals surface area contributed by atoms with Crippen LogP contribution in [0.25, 0.3) is 11.1 Å². The molecule has 0 atom stereocenters. The third kappa shape index (κ3) is 8.62. The molecule has 9 nitrogen and oxygen atoms in total. The van der Waals surface area contributed by atoms with E-state index >= 15 is 0 Å². The first-order valence-corrected chi connectivity index (χ1v) is 14.0. The SMILES string of the molecule is CN(C)CCCN(C)c1ccc(-c2cccc(CN(CCC(=O)O)C(=O)C3CC3)c2)cc1NC(=O)c1ccncc1. The number of aromatic nitrogens is 1. The molecular weight excluding hydrogens is 518 g/mol. The van der Waals surface area contributed by atoms with Gasteiger partial charge in [-0.1, -0.05) is 24.3 Å². The quantitative estimate of drug-likeness (QED) is 0.298. The van der Waals surface area contributed by atoms with Crippen LogP contribution in [0, 0.1) is 5.92 Å². The Kier molecular flexibility index (Phi) is 10.1. The maximum atomic E-state index is 13.1. The average Bonchev–Trinajstić information content (AvgIpc) is 3.81. The van der Waals surface area contributed by atoms with E-state index in [1.165, 1.54) is 0 Å². The molecule has 9 heteroatoms. The third-order valence-corrected chi connectivity index (χ3v) is 7.16. The fourth-order valence-corrected chi connectivity index (χ4v) is 4.75. The molecule has 2 N–H and O–H groups in total. The molecule has 1 heterocycles. The number of hydrogen-bond acceptors (Lipinski definition) is 6. The molecule has 1 saturated carbocycles. The van der Waals surface area contributed by atoms with Crippen molar-refractivity contribution in [2.45, 2.75) is 32.2 Å². The number of amides is 2. The maximum absolute atomic E-state index is 13.1. The van der Waals surface area contributed by atoms with Crippen LogP contribution in [0.2, 0.25) is 0 Å². The highest BCUT2D eigenvalue weighted by atomic mass is 16.4. The smallest absolute Gasteiger partial charge is 0.305 e. The van der Waals surface area contributed by atoms with Crippen LogP contribution in [0.3, 0.4) is 0 Å². The van der Waals surface area contributed by atoms with E-state index in [0.29, 0.717) is 17.8 Å².